The molecular weight excluding hydrogens is 404 g/mol. The molecule has 0 bridgehead atoms. The van der Waals surface area contributed by atoms with Crippen LogP contribution in [0.25, 0.3) is 0 Å². The molecule has 1 fully saturated rings. The molecule has 2 heterocycles. The Morgan fingerprint density at radius 1 is 1.25 bits per heavy atom. The summed E-state index contributed by atoms with van der Waals surface area (Å²) in [5, 5.41) is 3.23. The molecular formula is C25H34N4O3. The summed E-state index contributed by atoms with van der Waals surface area (Å²) in [5.74, 6) is 1.87. The summed E-state index contributed by atoms with van der Waals surface area (Å²) in [5.41, 5.74) is 2.10. The molecule has 0 spiro atoms. The number of methoxy groups -OCH3 is 1. The standard InChI is InChI=1S/C25H34N4O3/c1-5-20(32-22-11-7-6-10-21(22)31-4)23(30)27-18-14-25(2,3)15-19-17(18)16-26-24(28-19)29-12-8-9-13-29/h6-7,10-11,16,18,20H,5,8-9,12-15H2,1-4H3,(H,27,30)/t18-,20+/m1/s1. The molecule has 1 aliphatic heterocycles. The van der Waals surface area contributed by atoms with Crippen LogP contribution in [0.1, 0.15) is 63.8 Å². The smallest absolute Gasteiger partial charge is 0.261 e. The van der Waals surface area contributed by atoms with Crippen LogP contribution in [0.5, 0.6) is 11.5 Å². The van der Waals surface area contributed by atoms with Gasteiger partial charge in [0.1, 0.15) is 0 Å². The first-order valence-electron chi connectivity index (χ1n) is 11.6. The van der Waals surface area contributed by atoms with Crippen molar-refractivity contribution in [3.05, 3.63) is 41.7 Å². The number of benzene rings is 1. The molecule has 1 aromatic carbocycles. The molecule has 0 saturated carbocycles. The van der Waals surface area contributed by atoms with Crippen LogP contribution in [-0.4, -0.2) is 42.2 Å². The molecule has 2 aromatic rings. The molecule has 1 aliphatic carbocycles. The average molecular weight is 439 g/mol. The molecule has 0 unspecified atom stereocenters. The zero-order valence-electron chi connectivity index (χ0n) is 19.6. The normalized spacial score (nSPS) is 20.4. The highest BCUT2D eigenvalue weighted by Gasteiger charge is 2.36. The minimum Gasteiger partial charge on any atom is -0.493 e. The highest BCUT2D eigenvalue weighted by atomic mass is 16.5. The lowest BCUT2D eigenvalue weighted by Crippen LogP contribution is -2.43. The minimum atomic E-state index is -0.607. The van der Waals surface area contributed by atoms with Gasteiger partial charge in [0.15, 0.2) is 17.6 Å². The van der Waals surface area contributed by atoms with E-state index in [9.17, 15) is 4.79 Å². The maximum atomic E-state index is 13.2. The summed E-state index contributed by atoms with van der Waals surface area (Å²) in [7, 11) is 1.60. The first kappa shape index (κ1) is 22.4. The fraction of sp³-hybridized carbons (Fsp3) is 0.560. The molecule has 7 nitrogen and oxygen atoms in total. The van der Waals surface area contributed by atoms with Crippen LogP contribution in [0.4, 0.5) is 5.95 Å². The van der Waals surface area contributed by atoms with E-state index in [0.29, 0.717) is 17.9 Å². The maximum Gasteiger partial charge on any atom is 0.261 e. The van der Waals surface area contributed by atoms with Gasteiger partial charge in [0.2, 0.25) is 5.95 Å². The summed E-state index contributed by atoms with van der Waals surface area (Å²) in [6, 6.07) is 7.27. The predicted molar refractivity (Wildman–Crippen MR) is 124 cm³/mol. The molecule has 7 heteroatoms. The monoisotopic (exact) mass is 438 g/mol. The van der Waals surface area contributed by atoms with Crippen LogP contribution in [0, 0.1) is 5.41 Å². The number of carbonyl (C=O) groups excluding carboxylic acids is 1. The molecule has 1 aromatic heterocycles. The first-order chi connectivity index (χ1) is 15.4. The van der Waals surface area contributed by atoms with Gasteiger partial charge >= 0.3 is 0 Å². The summed E-state index contributed by atoms with van der Waals surface area (Å²) < 4.78 is 11.4. The third kappa shape index (κ3) is 4.81. The van der Waals surface area contributed by atoms with E-state index in [1.807, 2.05) is 37.4 Å². The molecule has 32 heavy (non-hydrogen) atoms. The van der Waals surface area contributed by atoms with Crippen LogP contribution >= 0.6 is 0 Å². The SMILES string of the molecule is CC[C@H](Oc1ccccc1OC)C(=O)N[C@@H]1CC(C)(C)Cc2nc(N3CCCC3)ncc21. The number of hydrogen-bond donors (Lipinski definition) is 1. The predicted octanol–water partition coefficient (Wildman–Crippen LogP) is 4.07. The Labute approximate surface area is 190 Å². The van der Waals surface area contributed by atoms with Gasteiger partial charge in [-0.25, -0.2) is 9.97 Å². The second kappa shape index (κ2) is 9.35. The maximum absolute atomic E-state index is 13.2. The number of nitrogens with zero attached hydrogens (tertiary/aromatic N) is 3. The molecule has 1 N–H and O–H groups in total. The van der Waals surface area contributed by atoms with Gasteiger partial charge in [-0.3, -0.25) is 4.79 Å². The Hall–Kier alpha value is -2.83. The average Bonchev–Trinajstić information content (AvgIpc) is 3.31. The van der Waals surface area contributed by atoms with Crippen molar-refractivity contribution in [1.82, 2.24) is 15.3 Å². The molecule has 1 saturated heterocycles. The van der Waals surface area contributed by atoms with Crippen LogP contribution < -0.4 is 19.7 Å². The van der Waals surface area contributed by atoms with E-state index in [2.05, 4.69) is 29.0 Å². The first-order valence-corrected chi connectivity index (χ1v) is 11.6. The second-order valence-electron chi connectivity index (χ2n) is 9.54. The minimum absolute atomic E-state index is 0.0345. The topological polar surface area (TPSA) is 76.6 Å². The molecule has 0 radical (unpaired) electrons. The summed E-state index contributed by atoms with van der Waals surface area (Å²) >= 11 is 0. The van der Waals surface area contributed by atoms with Crippen molar-refractivity contribution >= 4 is 11.9 Å². The van der Waals surface area contributed by atoms with E-state index in [1.165, 1.54) is 12.8 Å². The van der Waals surface area contributed by atoms with Gasteiger partial charge in [0.25, 0.3) is 5.91 Å². The zero-order chi connectivity index (χ0) is 22.7. The van der Waals surface area contributed by atoms with Crippen molar-refractivity contribution in [1.29, 1.82) is 0 Å². The van der Waals surface area contributed by atoms with Crippen LogP contribution in [0.2, 0.25) is 0 Å². The molecule has 2 atom stereocenters. The van der Waals surface area contributed by atoms with Crippen molar-refractivity contribution in [3.8, 4) is 11.5 Å². The highest BCUT2D eigenvalue weighted by molar-refractivity contribution is 5.81. The number of hydrogen-bond acceptors (Lipinski definition) is 6. The zero-order valence-corrected chi connectivity index (χ0v) is 19.6. The fourth-order valence-electron chi connectivity index (χ4n) is 4.69. The summed E-state index contributed by atoms with van der Waals surface area (Å²) in [6.07, 6.45) is 5.96. The molecule has 4 rings (SSSR count). The number of ether oxygens (including phenoxy) is 2. The Morgan fingerprint density at radius 2 is 1.97 bits per heavy atom. The summed E-state index contributed by atoms with van der Waals surface area (Å²) in [6.45, 7) is 8.44. The quantitative estimate of drug-likeness (QED) is 0.702. The van der Waals surface area contributed by atoms with E-state index in [0.717, 1.165) is 43.1 Å². The van der Waals surface area contributed by atoms with Gasteiger partial charge < -0.3 is 19.7 Å². The Kier molecular flexibility index (Phi) is 6.53. The number of nitrogens with one attached hydrogen (secondary N) is 1. The number of amides is 1. The van der Waals surface area contributed by atoms with E-state index < -0.39 is 6.10 Å². The summed E-state index contributed by atoms with van der Waals surface area (Å²) in [4.78, 5) is 25.0. The van der Waals surface area contributed by atoms with Gasteiger partial charge in [-0.05, 0) is 49.7 Å². The molecule has 172 valence electrons. The van der Waals surface area contributed by atoms with Gasteiger partial charge in [0.05, 0.1) is 18.8 Å². The van der Waals surface area contributed by atoms with Crippen LogP contribution in [0.15, 0.2) is 30.5 Å². The Morgan fingerprint density at radius 3 is 2.66 bits per heavy atom. The number of carbonyl (C=O) groups is 1. The van der Waals surface area contributed by atoms with Crippen molar-refractivity contribution in [2.75, 3.05) is 25.1 Å². The third-order valence-corrected chi connectivity index (χ3v) is 6.37. The van der Waals surface area contributed by atoms with E-state index in [4.69, 9.17) is 14.5 Å². The van der Waals surface area contributed by atoms with Crippen molar-refractivity contribution in [2.45, 2.75) is 65.0 Å². The Balaban J connectivity index is 1.53. The lowest BCUT2D eigenvalue weighted by atomic mass is 9.74. The van der Waals surface area contributed by atoms with E-state index >= 15 is 0 Å². The number of anilines is 1. The van der Waals surface area contributed by atoms with E-state index in [-0.39, 0.29) is 17.4 Å². The lowest BCUT2D eigenvalue weighted by Gasteiger charge is -2.37. The Bertz CT molecular complexity index is 956. The van der Waals surface area contributed by atoms with Crippen LogP contribution in [-0.2, 0) is 11.2 Å². The van der Waals surface area contributed by atoms with E-state index in [1.54, 1.807) is 7.11 Å². The molecule has 1 amide bonds. The van der Waals surface area contributed by atoms with Crippen molar-refractivity contribution in [2.24, 2.45) is 5.41 Å². The van der Waals surface area contributed by atoms with Gasteiger partial charge in [-0.2, -0.15) is 0 Å². The number of aromatic nitrogens is 2. The molecule has 2 aliphatic rings. The largest absolute Gasteiger partial charge is 0.493 e. The lowest BCUT2D eigenvalue weighted by molar-refractivity contribution is -0.129. The number of para-hydroxylation sites is 2. The van der Waals surface area contributed by atoms with Gasteiger partial charge in [-0.1, -0.05) is 32.9 Å². The number of rotatable bonds is 7. The second-order valence-corrected chi connectivity index (χ2v) is 9.54. The van der Waals surface area contributed by atoms with Gasteiger partial charge in [-0.15, -0.1) is 0 Å². The number of fused-ring (bicyclic) bond motifs is 1. The van der Waals surface area contributed by atoms with Gasteiger partial charge in [0, 0.05) is 24.8 Å². The van der Waals surface area contributed by atoms with Crippen molar-refractivity contribution in [3.63, 3.8) is 0 Å². The third-order valence-electron chi connectivity index (χ3n) is 6.37. The van der Waals surface area contributed by atoms with Crippen LogP contribution in [0.3, 0.4) is 0 Å². The highest BCUT2D eigenvalue weighted by Crippen LogP contribution is 2.40. The fourth-order valence-corrected chi connectivity index (χ4v) is 4.69. The van der Waals surface area contributed by atoms with Crippen molar-refractivity contribution < 1.29 is 14.3 Å².